The highest BCUT2D eigenvalue weighted by molar-refractivity contribution is 7.89. The fourth-order valence-corrected chi connectivity index (χ4v) is 5.49. The van der Waals surface area contributed by atoms with E-state index < -0.39 is 34.8 Å². The van der Waals surface area contributed by atoms with Crippen LogP contribution in [0.1, 0.15) is 31.2 Å². The van der Waals surface area contributed by atoms with Crippen LogP contribution in [0, 0.1) is 0 Å². The predicted octanol–water partition coefficient (Wildman–Crippen LogP) is 3.61. The summed E-state index contributed by atoms with van der Waals surface area (Å²) in [6.07, 6.45) is 3.46. The van der Waals surface area contributed by atoms with Crippen molar-refractivity contribution >= 4 is 16.1 Å². The number of aliphatic hydroxyl groups is 1. The summed E-state index contributed by atoms with van der Waals surface area (Å²) in [4.78, 5) is 18.3. The molecule has 1 saturated carbocycles. The van der Waals surface area contributed by atoms with Gasteiger partial charge in [0.1, 0.15) is 12.0 Å². The third kappa shape index (κ3) is 7.32. The number of phenolic OH excluding ortho intramolecular Hbond substituents is 1. The number of furan rings is 1. The maximum Gasteiger partial charge on any atom is 0.413 e. The molecule has 1 fully saturated rings. The van der Waals surface area contributed by atoms with E-state index in [9.17, 15) is 23.4 Å². The Labute approximate surface area is 215 Å². The first-order chi connectivity index (χ1) is 17.8. The summed E-state index contributed by atoms with van der Waals surface area (Å²) < 4.78 is 37.8. The molecule has 1 aliphatic carbocycles. The van der Waals surface area contributed by atoms with Gasteiger partial charge < -0.3 is 24.7 Å². The lowest BCUT2D eigenvalue weighted by atomic mass is 10.0. The molecule has 0 aliphatic heterocycles. The average molecular weight is 531 g/mol. The van der Waals surface area contributed by atoms with Gasteiger partial charge in [0.2, 0.25) is 0 Å². The summed E-state index contributed by atoms with van der Waals surface area (Å²) >= 11 is 0. The molecule has 2 atom stereocenters. The Balaban J connectivity index is 1.56. The molecule has 11 heteroatoms. The van der Waals surface area contributed by atoms with Gasteiger partial charge in [-0.05, 0) is 43.0 Å². The van der Waals surface area contributed by atoms with E-state index in [1.54, 1.807) is 0 Å². The van der Waals surface area contributed by atoms with Crippen molar-refractivity contribution in [1.29, 1.82) is 0 Å². The van der Waals surface area contributed by atoms with Crippen molar-refractivity contribution in [2.45, 2.75) is 55.2 Å². The zero-order chi connectivity index (χ0) is 26.3. The molecule has 1 amide bonds. The maximum absolute atomic E-state index is 13.5. The lowest BCUT2D eigenvalue weighted by molar-refractivity contribution is -0.145. The van der Waals surface area contributed by atoms with Crippen molar-refractivity contribution in [1.82, 2.24) is 9.79 Å². The molecule has 3 N–H and O–H groups in total. The van der Waals surface area contributed by atoms with Gasteiger partial charge in [-0.3, -0.25) is 4.84 Å². The third-order valence-corrected chi connectivity index (χ3v) is 7.68. The number of sulfonamides is 1. The van der Waals surface area contributed by atoms with Crippen LogP contribution in [0.25, 0.3) is 0 Å². The largest absolute Gasteiger partial charge is 0.508 e. The van der Waals surface area contributed by atoms with E-state index in [1.807, 2.05) is 30.3 Å². The number of hydrogen-bond donors (Lipinski definition) is 3. The molecule has 0 bridgehead atoms. The van der Waals surface area contributed by atoms with Crippen LogP contribution in [0.3, 0.4) is 0 Å². The first kappa shape index (κ1) is 26.7. The van der Waals surface area contributed by atoms with Crippen molar-refractivity contribution < 1.29 is 37.4 Å². The van der Waals surface area contributed by atoms with Gasteiger partial charge in [0.25, 0.3) is 10.0 Å². The van der Waals surface area contributed by atoms with E-state index in [0.29, 0.717) is 12.8 Å². The van der Waals surface area contributed by atoms with E-state index in [2.05, 4.69) is 5.32 Å². The Morgan fingerprint density at radius 2 is 1.86 bits per heavy atom. The minimum absolute atomic E-state index is 0.176. The van der Waals surface area contributed by atoms with E-state index in [4.69, 9.17) is 14.0 Å². The smallest absolute Gasteiger partial charge is 0.413 e. The minimum Gasteiger partial charge on any atom is -0.508 e. The Morgan fingerprint density at radius 3 is 2.54 bits per heavy atom. The van der Waals surface area contributed by atoms with Crippen molar-refractivity contribution in [3.05, 3.63) is 78.8 Å². The van der Waals surface area contributed by atoms with Gasteiger partial charge in [-0.2, -0.15) is 0 Å². The lowest BCUT2D eigenvalue weighted by Crippen LogP contribution is -2.51. The molecule has 10 nitrogen and oxygen atoms in total. The second-order valence-electron chi connectivity index (χ2n) is 8.86. The van der Waals surface area contributed by atoms with Gasteiger partial charge in [-0.25, -0.2) is 13.2 Å². The van der Waals surface area contributed by atoms with Crippen molar-refractivity contribution in [3.8, 4) is 11.5 Å². The summed E-state index contributed by atoms with van der Waals surface area (Å²) in [7, 11) is -4.25. The first-order valence-corrected chi connectivity index (χ1v) is 13.5. The van der Waals surface area contributed by atoms with E-state index in [0.717, 1.165) is 28.9 Å². The molecule has 2 aromatic carbocycles. The number of rotatable bonds is 11. The molecular weight excluding hydrogens is 500 g/mol. The highest BCUT2D eigenvalue weighted by Gasteiger charge is 2.34. The number of carbonyl (C=O) groups excluding carboxylic acids is 1. The van der Waals surface area contributed by atoms with Gasteiger partial charge in [0.15, 0.2) is 5.75 Å². The van der Waals surface area contributed by atoms with Crippen molar-refractivity contribution in [2.75, 3.05) is 6.54 Å². The van der Waals surface area contributed by atoms with Crippen LogP contribution in [-0.4, -0.2) is 54.0 Å². The minimum atomic E-state index is -4.25. The zero-order valence-corrected chi connectivity index (χ0v) is 20.9. The Hall–Kier alpha value is -3.38. The first-order valence-electron chi connectivity index (χ1n) is 12.0. The summed E-state index contributed by atoms with van der Waals surface area (Å²) in [6, 6.07) is 14.9. The number of hydroxylamine groups is 1. The van der Waals surface area contributed by atoms with Crippen LogP contribution >= 0.6 is 0 Å². The van der Waals surface area contributed by atoms with Gasteiger partial charge in [-0.1, -0.05) is 53.7 Å². The van der Waals surface area contributed by atoms with E-state index in [-0.39, 0.29) is 28.9 Å². The molecule has 0 radical (unpaired) electrons. The Morgan fingerprint density at radius 1 is 1.11 bits per heavy atom. The average Bonchev–Trinajstić information content (AvgIpc) is 3.58. The van der Waals surface area contributed by atoms with E-state index in [1.165, 1.54) is 36.8 Å². The number of ether oxygens (including phenoxy) is 1. The SMILES string of the molecule is O=C(N[C@@H](Cc1ccccc1)[C@H](O)CN(OC1CCCC1)S(=O)(=O)c1cccc(O)c1)Oc1ccoc1. The number of benzene rings is 2. The third-order valence-electron chi connectivity index (χ3n) is 6.06. The molecule has 1 aromatic heterocycles. The summed E-state index contributed by atoms with van der Waals surface area (Å²) in [5.74, 6) is -0.0313. The Bertz CT molecular complexity index is 1240. The van der Waals surface area contributed by atoms with Crippen LogP contribution in [0.5, 0.6) is 11.5 Å². The zero-order valence-electron chi connectivity index (χ0n) is 20.1. The van der Waals surface area contributed by atoms with Crippen LogP contribution in [-0.2, 0) is 21.3 Å². The number of aliphatic hydroxyl groups excluding tert-OH is 1. The number of nitrogens with one attached hydrogen (secondary N) is 1. The number of carbonyl (C=O) groups is 1. The summed E-state index contributed by atoms with van der Waals surface area (Å²) in [5, 5.41) is 23.7. The molecule has 4 rings (SSSR count). The van der Waals surface area contributed by atoms with Crippen molar-refractivity contribution in [2.24, 2.45) is 0 Å². The fraction of sp³-hybridized carbons (Fsp3) is 0.346. The summed E-state index contributed by atoms with van der Waals surface area (Å²) in [6.45, 7) is -0.460. The number of hydrogen-bond acceptors (Lipinski definition) is 8. The number of nitrogens with zero attached hydrogens (tertiary/aromatic N) is 1. The second-order valence-corrected chi connectivity index (χ2v) is 10.7. The van der Waals surface area contributed by atoms with Crippen LogP contribution in [0.15, 0.2) is 82.5 Å². The normalized spacial score (nSPS) is 15.9. The van der Waals surface area contributed by atoms with Crippen LogP contribution in [0.4, 0.5) is 4.79 Å². The van der Waals surface area contributed by atoms with Gasteiger partial charge >= 0.3 is 6.09 Å². The molecule has 0 saturated heterocycles. The molecule has 0 spiro atoms. The topological polar surface area (TPSA) is 139 Å². The molecule has 1 aliphatic rings. The molecule has 1 heterocycles. The predicted molar refractivity (Wildman–Crippen MR) is 133 cm³/mol. The maximum atomic E-state index is 13.5. The van der Waals surface area contributed by atoms with E-state index >= 15 is 0 Å². The van der Waals surface area contributed by atoms with Crippen LogP contribution < -0.4 is 10.1 Å². The van der Waals surface area contributed by atoms with Gasteiger partial charge in [0.05, 0.1) is 36.0 Å². The molecular formula is C26H30N2O8S. The Kier molecular flexibility index (Phi) is 8.82. The molecule has 37 heavy (non-hydrogen) atoms. The van der Waals surface area contributed by atoms with Gasteiger partial charge in [-0.15, -0.1) is 0 Å². The molecule has 0 unspecified atom stereocenters. The second kappa shape index (κ2) is 12.2. The number of aromatic hydroxyl groups is 1. The molecule has 3 aromatic rings. The highest BCUT2D eigenvalue weighted by Crippen LogP contribution is 2.27. The van der Waals surface area contributed by atoms with Crippen molar-refractivity contribution in [3.63, 3.8) is 0 Å². The summed E-state index contributed by atoms with van der Waals surface area (Å²) in [5.41, 5.74) is 0.814. The molecule has 198 valence electrons. The number of phenols is 1. The van der Waals surface area contributed by atoms with Crippen LogP contribution in [0.2, 0.25) is 0 Å². The standard InChI is InChI=1S/C26H30N2O8S/c29-20-9-6-12-23(16-20)37(32,33)28(36-21-10-4-5-11-21)17-25(30)24(15-19-7-2-1-3-8-19)27-26(31)35-22-13-14-34-18-22/h1-3,6-9,12-14,16,18,21,24-25,29-30H,4-5,10-11,15,17H2,(H,27,31)/t24-,25+/m0/s1. The number of amides is 1. The quantitative estimate of drug-likeness (QED) is 0.320. The lowest BCUT2D eigenvalue weighted by Gasteiger charge is -2.30. The highest BCUT2D eigenvalue weighted by atomic mass is 32.2. The van der Waals surface area contributed by atoms with Gasteiger partial charge in [0, 0.05) is 6.07 Å². The fourth-order valence-electron chi connectivity index (χ4n) is 4.15. The monoisotopic (exact) mass is 530 g/mol.